The molecule has 1 saturated carbocycles. The third kappa shape index (κ3) is 4.18. The van der Waals surface area contributed by atoms with Gasteiger partial charge in [0.2, 0.25) is 5.95 Å². The van der Waals surface area contributed by atoms with Crippen LogP contribution in [0.25, 0.3) is 16.6 Å². The standard InChI is InChI=1S/C21H28N6O2/c1-13(12-29-2)25-21-24-11-19-17(15-7-8-23-20(22)9-15)10-18(27(19)26-21)14-3-5-16(28)6-4-14/h7-11,13-14,16,28H,3-6,12H2,1-2H3,(H2,22,23)(H,25,26)/t13-,14?,16?/m0/s1. The molecule has 3 heterocycles. The van der Waals surface area contributed by atoms with Gasteiger partial charge in [-0.2, -0.15) is 0 Å². The first-order chi connectivity index (χ1) is 14.0. The van der Waals surface area contributed by atoms with Gasteiger partial charge in [-0.3, -0.25) is 0 Å². The van der Waals surface area contributed by atoms with E-state index in [0.717, 1.165) is 48.0 Å². The molecule has 0 aromatic carbocycles. The predicted octanol–water partition coefficient (Wildman–Crippen LogP) is 2.84. The summed E-state index contributed by atoms with van der Waals surface area (Å²) in [5, 5.41) is 18.0. The van der Waals surface area contributed by atoms with E-state index < -0.39 is 0 Å². The van der Waals surface area contributed by atoms with E-state index in [0.29, 0.717) is 24.3 Å². The zero-order chi connectivity index (χ0) is 20.4. The van der Waals surface area contributed by atoms with Crippen molar-refractivity contribution in [3.8, 4) is 11.1 Å². The van der Waals surface area contributed by atoms with Crippen molar-refractivity contribution in [1.82, 2.24) is 19.6 Å². The number of nitrogens with one attached hydrogen (secondary N) is 1. The van der Waals surface area contributed by atoms with Gasteiger partial charge in [0.25, 0.3) is 0 Å². The SMILES string of the molecule is COC[C@H](C)Nc1ncc2c(-c3ccnc(N)c3)cc(C3CCC(O)CC3)n2n1. The Morgan fingerprint density at radius 3 is 2.79 bits per heavy atom. The molecule has 0 saturated heterocycles. The monoisotopic (exact) mass is 396 g/mol. The van der Waals surface area contributed by atoms with E-state index in [2.05, 4.69) is 21.4 Å². The van der Waals surface area contributed by atoms with Gasteiger partial charge >= 0.3 is 0 Å². The lowest BCUT2D eigenvalue weighted by atomic mass is 9.85. The van der Waals surface area contributed by atoms with Crippen molar-refractivity contribution in [2.75, 3.05) is 24.8 Å². The summed E-state index contributed by atoms with van der Waals surface area (Å²) < 4.78 is 7.19. The highest BCUT2D eigenvalue weighted by Crippen LogP contribution is 2.37. The number of hydrogen-bond acceptors (Lipinski definition) is 7. The van der Waals surface area contributed by atoms with Crippen LogP contribution in [0.5, 0.6) is 0 Å². The molecule has 1 atom stereocenters. The summed E-state index contributed by atoms with van der Waals surface area (Å²) in [7, 11) is 1.68. The Morgan fingerprint density at radius 2 is 2.07 bits per heavy atom. The highest BCUT2D eigenvalue weighted by molar-refractivity contribution is 5.82. The molecule has 1 aliphatic carbocycles. The fraction of sp³-hybridized carbons (Fsp3) is 0.476. The van der Waals surface area contributed by atoms with Gasteiger partial charge in [-0.1, -0.05) is 0 Å². The van der Waals surface area contributed by atoms with E-state index in [1.165, 1.54) is 0 Å². The lowest BCUT2D eigenvalue weighted by Crippen LogP contribution is -2.23. The summed E-state index contributed by atoms with van der Waals surface area (Å²) in [4.78, 5) is 8.63. The van der Waals surface area contributed by atoms with Gasteiger partial charge in [-0.25, -0.2) is 14.5 Å². The lowest BCUT2D eigenvalue weighted by molar-refractivity contribution is 0.121. The minimum absolute atomic E-state index is 0.0979. The van der Waals surface area contributed by atoms with Crippen molar-refractivity contribution in [2.45, 2.75) is 50.7 Å². The summed E-state index contributed by atoms with van der Waals surface area (Å²) in [6, 6.07) is 6.10. The second kappa shape index (κ2) is 8.34. The van der Waals surface area contributed by atoms with E-state index in [1.54, 1.807) is 13.3 Å². The number of aromatic nitrogens is 4. The maximum Gasteiger partial charge on any atom is 0.241 e. The fourth-order valence-corrected chi connectivity index (χ4v) is 4.10. The Balaban J connectivity index is 1.78. The number of nitrogens with zero attached hydrogens (tertiary/aromatic N) is 4. The smallest absolute Gasteiger partial charge is 0.241 e. The molecule has 1 aliphatic rings. The van der Waals surface area contributed by atoms with Crippen LogP contribution in [0.15, 0.2) is 30.6 Å². The summed E-state index contributed by atoms with van der Waals surface area (Å²) in [6.45, 7) is 2.60. The lowest BCUT2D eigenvalue weighted by Gasteiger charge is -2.25. The van der Waals surface area contributed by atoms with Crippen LogP contribution in [-0.2, 0) is 4.74 Å². The van der Waals surface area contributed by atoms with Crippen molar-refractivity contribution < 1.29 is 9.84 Å². The maximum absolute atomic E-state index is 9.92. The zero-order valence-corrected chi connectivity index (χ0v) is 16.9. The largest absolute Gasteiger partial charge is 0.393 e. The van der Waals surface area contributed by atoms with Gasteiger partial charge in [0, 0.05) is 36.5 Å². The zero-order valence-electron chi connectivity index (χ0n) is 16.9. The van der Waals surface area contributed by atoms with Crippen LogP contribution in [0.2, 0.25) is 0 Å². The van der Waals surface area contributed by atoms with E-state index in [-0.39, 0.29) is 12.1 Å². The van der Waals surface area contributed by atoms with Gasteiger partial charge in [0.05, 0.1) is 24.4 Å². The number of nitrogens with two attached hydrogens (primary N) is 1. The molecule has 0 spiro atoms. The molecule has 8 heteroatoms. The minimum Gasteiger partial charge on any atom is -0.393 e. The molecular weight excluding hydrogens is 368 g/mol. The summed E-state index contributed by atoms with van der Waals surface area (Å²) in [6.07, 6.45) is 6.89. The van der Waals surface area contributed by atoms with Crippen LogP contribution in [0.1, 0.15) is 44.2 Å². The molecular formula is C21H28N6O2. The molecule has 1 fully saturated rings. The molecule has 29 heavy (non-hydrogen) atoms. The quantitative estimate of drug-likeness (QED) is 0.587. The number of methoxy groups -OCH3 is 1. The summed E-state index contributed by atoms with van der Waals surface area (Å²) in [5.41, 5.74) is 10.0. The molecule has 3 aromatic heterocycles. The molecule has 0 aliphatic heterocycles. The Labute approximate surface area is 170 Å². The van der Waals surface area contributed by atoms with E-state index >= 15 is 0 Å². The minimum atomic E-state index is -0.196. The number of rotatable bonds is 6. The van der Waals surface area contributed by atoms with Gasteiger partial charge in [0.1, 0.15) is 5.82 Å². The van der Waals surface area contributed by atoms with E-state index in [9.17, 15) is 5.11 Å². The van der Waals surface area contributed by atoms with Crippen molar-refractivity contribution in [3.63, 3.8) is 0 Å². The number of aliphatic hydroxyl groups is 1. The normalized spacial score (nSPS) is 20.7. The van der Waals surface area contributed by atoms with E-state index in [4.69, 9.17) is 15.6 Å². The van der Waals surface area contributed by atoms with Crippen LogP contribution in [0.4, 0.5) is 11.8 Å². The van der Waals surface area contributed by atoms with E-state index in [1.807, 2.05) is 29.8 Å². The molecule has 3 aromatic rings. The Morgan fingerprint density at radius 1 is 1.28 bits per heavy atom. The Bertz CT molecular complexity index is 980. The number of pyridine rings is 1. The average molecular weight is 396 g/mol. The fourth-order valence-electron chi connectivity index (χ4n) is 4.10. The molecule has 0 radical (unpaired) electrons. The van der Waals surface area contributed by atoms with Crippen LogP contribution < -0.4 is 11.1 Å². The third-order valence-corrected chi connectivity index (χ3v) is 5.54. The Hall–Kier alpha value is -2.71. The molecule has 8 nitrogen and oxygen atoms in total. The number of fused-ring (bicyclic) bond motifs is 1. The maximum atomic E-state index is 9.92. The van der Waals surface area contributed by atoms with Gasteiger partial charge in [-0.15, -0.1) is 5.10 Å². The van der Waals surface area contributed by atoms with Crippen molar-refractivity contribution >= 4 is 17.3 Å². The van der Waals surface area contributed by atoms with Crippen molar-refractivity contribution in [2.24, 2.45) is 0 Å². The van der Waals surface area contributed by atoms with Gasteiger partial charge < -0.3 is 20.9 Å². The average Bonchev–Trinajstić information content (AvgIpc) is 3.08. The molecule has 0 unspecified atom stereocenters. The second-order valence-corrected chi connectivity index (χ2v) is 7.84. The van der Waals surface area contributed by atoms with Crippen LogP contribution in [0.3, 0.4) is 0 Å². The van der Waals surface area contributed by atoms with Crippen LogP contribution >= 0.6 is 0 Å². The Kier molecular flexibility index (Phi) is 5.64. The molecule has 4 N–H and O–H groups in total. The first kappa shape index (κ1) is 19.6. The number of nitrogen functional groups attached to an aromatic ring is 1. The number of aliphatic hydroxyl groups excluding tert-OH is 1. The highest BCUT2D eigenvalue weighted by Gasteiger charge is 2.25. The topological polar surface area (TPSA) is 111 Å². The molecule has 154 valence electrons. The molecule has 0 amide bonds. The number of ether oxygens (including phenoxy) is 1. The highest BCUT2D eigenvalue weighted by atomic mass is 16.5. The molecule has 4 rings (SSSR count). The van der Waals surface area contributed by atoms with Crippen molar-refractivity contribution in [1.29, 1.82) is 0 Å². The number of anilines is 2. The van der Waals surface area contributed by atoms with Crippen molar-refractivity contribution in [3.05, 3.63) is 36.3 Å². The van der Waals surface area contributed by atoms with Crippen LogP contribution in [-0.4, -0.2) is 50.6 Å². The predicted molar refractivity (Wildman–Crippen MR) is 113 cm³/mol. The van der Waals surface area contributed by atoms with Crippen LogP contribution in [0, 0.1) is 0 Å². The number of hydrogen-bond donors (Lipinski definition) is 3. The first-order valence-corrected chi connectivity index (χ1v) is 10.1. The third-order valence-electron chi connectivity index (χ3n) is 5.54. The second-order valence-electron chi connectivity index (χ2n) is 7.84. The summed E-state index contributed by atoms with van der Waals surface area (Å²) in [5.74, 6) is 1.39. The van der Waals surface area contributed by atoms with Gasteiger partial charge in [-0.05, 0) is 56.4 Å². The summed E-state index contributed by atoms with van der Waals surface area (Å²) >= 11 is 0. The molecule has 0 bridgehead atoms. The first-order valence-electron chi connectivity index (χ1n) is 10.1. The van der Waals surface area contributed by atoms with Gasteiger partial charge in [0.15, 0.2) is 0 Å².